The van der Waals surface area contributed by atoms with Crippen molar-refractivity contribution in [2.45, 2.75) is 33.6 Å². The Labute approximate surface area is 180 Å². The molecule has 0 unspecified atom stereocenters. The Morgan fingerprint density at radius 3 is 2.56 bits per heavy atom. The van der Waals surface area contributed by atoms with Crippen LogP contribution in [0.15, 0.2) is 23.2 Å². The van der Waals surface area contributed by atoms with Crippen LogP contribution in [0.4, 0.5) is 0 Å². The molecule has 27 heavy (non-hydrogen) atoms. The van der Waals surface area contributed by atoms with E-state index in [1.807, 2.05) is 13.8 Å². The number of hydrogen-bond donors (Lipinski definition) is 3. The summed E-state index contributed by atoms with van der Waals surface area (Å²) in [4.78, 5) is 4.47. The van der Waals surface area contributed by atoms with E-state index in [-0.39, 0.29) is 29.7 Å². The number of aryl methyl sites for hydroxylation is 1. The van der Waals surface area contributed by atoms with Gasteiger partial charge in [0.15, 0.2) is 5.96 Å². The largest absolute Gasteiger partial charge is 0.496 e. The first kappa shape index (κ1) is 25.9. The zero-order valence-corrected chi connectivity index (χ0v) is 19.8. The summed E-state index contributed by atoms with van der Waals surface area (Å²) in [6.45, 7) is 8.14. The zero-order chi connectivity index (χ0) is 19.4. The highest BCUT2D eigenvalue weighted by Crippen LogP contribution is 2.18. The van der Waals surface area contributed by atoms with Gasteiger partial charge < -0.3 is 15.4 Å². The van der Waals surface area contributed by atoms with Gasteiger partial charge in [0.1, 0.15) is 5.75 Å². The van der Waals surface area contributed by atoms with Crippen molar-refractivity contribution in [2.75, 3.05) is 39.0 Å². The molecule has 0 atom stereocenters. The van der Waals surface area contributed by atoms with Gasteiger partial charge >= 0.3 is 0 Å². The fraction of sp³-hybridized carbons (Fsp3) is 0.611. The first-order valence-electron chi connectivity index (χ1n) is 9.04. The number of sulfonamides is 1. The number of ether oxygens (including phenoxy) is 1. The van der Waals surface area contributed by atoms with Crippen molar-refractivity contribution >= 4 is 40.0 Å². The number of hydrogen-bond acceptors (Lipinski definition) is 4. The third kappa shape index (κ3) is 10.7. The highest BCUT2D eigenvalue weighted by Gasteiger charge is 2.04. The van der Waals surface area contributed by atoms with Gasteiger partial charge in [-0.3, -0.25) is 4.99 Å². The summed E-state index contributed by atoms with van der Waals surface area (Å²) >= 11 is 0. The van der Waals surface area contributed by atoms with Crippen molar-refractivity contribution < 1.29 is 13.2 Å². The molecule has 0 saturated heterocycles. The lowest BCUT2D eigenvalue weighted by Crippen LogP contribution is -2.38. The molecule has 0 amide bonds. The van der Waals surface area contributed by atoms with E-state index in [0.29, 0.717) is 19.5 Å². The van der Waals surface area contributed by atoms with Gasteiger partial charge in [0, 0.05) is 26.2 Å². The van der Waals surface area contributed by atoms with Crippen LogP contribution in [-0.4, -0.2) is 53.4 Å². The zero-order valence-electron chi connectivity index (χ0n) is 16.7. The van der Waals surface area contributed by atoms with Gasteiger partial charge in [0.05, 0.1) is 12.9 Å². The Morgan fingerprint density at radius 2 is 1.93 bits per heavy atom. The van der Waals surface area contributed by atoms with Crippen LogP contribution >= 0.6 is 24.0 Å². The summed E-state index contributed by atoms with van der Waals surface area (Å²) < 4.78 is 30.6. The molecule has 0 bridgehead atoms. The van der Waals surface area contributed by atoms with Gasteiger partial charge in [-0.05, 0) is 50.8 Å². The molecular formula is C18H33IN4O3S. The van der Waals surface area contributed by atoms with Gasteiger partial charge in [0.2, 0.25) is 10.0 Å². The summed E-state index contributed by atoms with van der Waals surface area (Å²) in [6, 6.07) is 6.22. The minimum Gasteiger partial charge on any atom is -0.496 e. The van der Waals surface area contributed by atoms with Gasteiger partial charge in [0.25, 0.3) is 0 Å². The lowest BCUT2D eigenvalue weighted by atomic mass is 10.1. The number of aliphatic imine (C=N–C) groups is 1. The Bertz CT molecular complexity index is 681. The molecule has 1 rings (SSSR count). The summed E-state index contributed by atoms with van der Waals surface area (Å²) in [5.74, 6) is 1.74. The van der Waals surface area contributed by atoms with Crippen LogP contribution in [0, 0.1) is 6.92 Å². The van der Waals surface area contributed by atoms with E-state index in [9.17, 15) is 8.42 Å². The molecule has 0 spiro atoms. The molecule has 7 nitrogen and oxygen atoms in total. The smallest absolute Gasteiger partial charge is 0.211 e. The number of halogens is 1. The van der Waals surface area contributed by atoms with Crippen LogP contribution < -0.4 is 20.1 Å². The van der Waals surface area contributed by atoms with E-state index in [0.717, 1.165) is 36.8 Å². The number of nitrogens with zero attached hydrogens (tertiary/aromatic N) is 1. The second kappa shape index (κ2) is 14.0. The predicted molar refractivity (Wildman–Crippen MR) is 123 cm³/mol. The quantitative estimate of drug-likeness (QED) is 0.183. The normalized spacial score (nSPS) is 11.6. The first-order valence-corrected chi connectivity index (χ1v) is 10.7. The molecule has 0 heterocycles. The van der Waals surface area contributed by atoms with E-state index in [2.05, 4.69) is 38.5 Å². The first-order chi connectivity index (χ1) is 12.4. The topological polar surface area (TPSA) is 91.8 Å². The molecular weight excluding hydrogens is 479 g/mol. The Hall–Kier alpha value is -1.07. The van der Waals surface area contributed by atoms with Crippen LogP contribution in [0.5, 0.6) is 5.75 Å². The molecule has 1 aromatic rings. The fourth-order valence-corrected chi connectivity index (χ4v) is 2.95. The summed E-state index contributed by atoms with van der Waals surface area (Å²) in [7, 11) is -1.44. The number of guanidine groups is 1. The molecule has 1 aromatic carbocycles. The van der Waals surface area contributed by atoms with Gasteiger partial charge in [-0.2, -0.15) is 0 Å². The van der Waals surface area contributed by atoms with Gasteiger partial charge in [-0.1, -0.05) is 12.1 Å². The standard InChI is InChI=1S/C18H32N4O3S.HI/c1-5-19-18(20-11-7-12-22-26(23,24)6-2)21-13-10-16-9-8-15(3)17(14-16)25-4;/h8-9,14,22H,5-7,10-13H2,1-4H3,(H2,19,20,21);1H. The monoisotopic (exact) mass is 512 g/mol. The van der Waals surface area contributed by atoms with Gasteiger partial charge in [-0.25, -0.2) is 13.1 Å². The number of rotatable bonds is 11. The average molecular weight is 512 g/mol. The van der Waals surface area contributed by atoms with Crippen LogP contribution in [-0.2, 0) is 16.4 Å². The molecule has 0 fully saturated rings. The highest BCUT2D eigenvalue weighted by atomic mass is 127. The molecule has 0 aromatic heterocycles. The third-order valence-corrected chi connectivity index (χ3v) is 5.23. The van der Waals surface area contributed by atoms with Crippen LogP contribution in [0.3, 0.4) is 0 Å². The summed E-state index contributed by atoms with van der Waals surface area (Å²) in [6.07, 6.45) is 1.52. The molecule has 156 valence electrons. The molecule has 0 radical (unpaired) electrons. The van der Waals surface area contributed by atoms with Crippen molar-refractivity contribution in [2.24, 2.45) is 4.99 Å². The maximum atomic E-state index is 11.4. The molecule has 9 heteroatoms. The van der Waals surface area contributed by atoms with Crippen molar-refractivity contribution in [3.63, 3.8) is 0 Å². The molecule has 0 aliphatic carbocycles. The van der Waals surface area contributed by atoms with Crippen LogP contribution in [0.1, 0.15) is 31.4 Å². The minimum absolute atomic E-state index is 0. The Balaban J connectivity index is 0.00000676. The molecule has 0 saturated carbocycles. The van der Waals surface area contributed by atoms with Gasteiger partial charge in [-0.15, -0.1) is 24.0 Å². The van der Waals surface area contributed by atoms with E-state index in [4.69, 9.17) is 4.74 Å². The molecule has 3 N–H and O–H groups in total. The van der Waals surface area contributed by atoms with Crippen molar-refractivity contribution in [3.8, 4) is 5.75 Å². The van der Waals surface area contributed by atoms with E-state index >= 15 is 0 Å². The van der Waals surface area contributed by atoms with Crippen LogP contribution in [0.25, 0.3) is 0 Å². The Morgan fingerprint density at radius 1 is 1.19 bits per heavy atom. The van der Waals surface area contributed by atoms with E-state index in [1.54, 1.807) is 14.0 Å². The average Bonchev–Trinajstić information content (AvgIpc) is 2.62. The van der Waals surface area contributed by atoms with Crippen molar-refractivity contribution in [3.05, 3.63) is 29.3 Å². The maximum Gasteiger partial charge on any atom is 0.211 e. The van der Waals surface area contributed by atoms with Crippen molar-refractivity contribution in [1.29, 1.82) is 0 Å². The minimum atomic E-state index is -3.12. The highest BCUT2D eigenvalue weighted by molar-refractivity contribution is 14.0. The Kier molecular flexibility index (Phi) is 13.4. The van der Waals surface area contributed by atoms with Crippen molar-refractivity contribution in [1.82, 2.24) is 15.4 Å². The molecule has 0 aliphatic rings. The molecule has 0 aliphatic heterocycles. The predicted octanol–water partition coefficient (Wildman–Crippen LogP) is 2.05. The number of methoxy groups -OCH3 is 1. The lowest BCUT2D eigenvalue weighted by Gasteiger charge is -2.12. The maximum absolute atomic E-state index is 11.4. The lowest BCUT2D eigenvalue weighted by molar-refractivity contribution is 0.411. The number of benzene rings is 1. The van der Waals surface area contributed by atoms with E-state index < -0.39 is 10.0 Å². The third-order valence-electron chi connectivity index (χ3n) is 3.83. The SMILES string of the molecule is CCNC(=NCCCNS(=O)(=O)CC)NCCc1ccc(C)c(OC)c1.I. The fourth-order valence-electron chi connectivity index (χ4n) is 2.29. The van der Waals surface area contributed by atoms with E-state index in [1.165, 1.54) is 5.56 Å². The summed E-state index contributed by atoms with van der Waals surface area (Å²) in [5.41, 5.74) is 2.32. The second-order valence-electron chi connectivity index (χ2n) is 5.89. The van der Waals surface area contributed by atoms with Crippen LogP contribution in [0.2, 0.25) is 0 Å². The second-order valence-corrected chi connectivity index (χ2v) is 7.99. The summed E-state index contributed by atoms with van der Waals surface area (Å²) in [5, 5.41) is 6.49. The number of nitrogens with one attached hydrogen (secondary N) is 3.